The minimum atomic E-state index is -0.426. The van der Waals surface area contributed by atoms with Crippen molar-refractivity contribution in [2.75, 3.05) is 13.2 Å². The zero-order valence-electron chi connectivity index (χ0n) is 16.0. The maximum atomic E-state index is 12.6. The lowest BCUT2D eigenvalue weighted by atomic mass is 9.65. The summed E-state index contributed by atoms with van der Waals surface area (Å²) in [6, 6.07) is 5.75. The summed E-state index contributed by atoms with van der Waals surface area (Å²) in [5.41, 5.74) is 3.14. The number of hydrogen-bond donors (Lipinski definition) is 0. The molecule has 4 nitrogen and oxygen atoms in total. The third-order valence-electron chi connectivity index (χ3n) is 5.80. The third-order valence-corrected chi connectivity index (χ3v) is 5.80. The van der Waals surface area contributed by atoms with Gasteiger partial charge in [-0.15, -0.1) is 0 Å². The van der Waals surface area contributed by atoms with E-state index in [4.69, 9.17) is 4.74 Å². The second-order valence-electron chi connectivity index (χ2n) is 9.11. The van der Waals surface area contributed by atoms with Gasteiger partial charge in [-0.05, 0) is 67.2 Å². The Morgan fingerprint density at radius 2 is 1.88 bits per heavy atom. The van der Waals surface area contributed by atoms with Gasteiger partial charge in [-0.3, -0.25) is 4.79 Å². The summed E-state index contributed by atoms with van der Waals surface area (Å²) in [7, 11) is 0. The highest BCUT2D eigenvalue weighted by Gasteiger charge is 2.50. The maximum absolute atomic E-state index is 12.6. The first-order valence-electron chi connectivity index (χ1n) is 9.12. The summed E-state index contributed by atoms with van der Waals surface area (Å²) in [6.45, 7) is 11.4. The zero-order chi connectivity index (χ0) is 18.4. The molecule has 2 aliphatic rings. The number of fused-ring (bicyclic) bond motifs is 2. The van der Waals surface area contributed by atoms with Crippen molar-refractivity contribution in [2.45, 2.75) is 59.9 Å². The van der Waals surface area contributed by atoms with Gasteiger partial charge in [-0.1, -0.05) is 26.8 Å². The molecular weight excluding hydrogens is 314 g/mol. The largest absolute Gasteiger partial charge is 0.452 e. The Hall–Kier alpha value is -1.84. The number of ether oxygens (including phenoxy) is 1. The molecule has 1 aromatic carbocycles. The molecule has 4 heteroatoms. The van der Waals surface area contributed by atoms with Crippen LogP contribution in [0, 0.1) is 24.7 Å². The fourth-order valence-electron chi connectivity index (χ4n) is 4.91. The number of esters is 1. The quantitative estimate of drug-likeness (QED) is 0.782. The Morgan fingerprint density at radius 3 is 2.56 bits per heavy atom. The van der Waals surface area contributed by atoms with Gasteiger partial charge in [-0.25, -0.2) is 4.79 Å². The summed E-state index contributed by atoms with van der Waals surface area (Å²) in [5.74, 6) is -0.492. The van der Waals surface area contributed by atoms with Crippen molar-refractivity contribution in [2.24, 2.45) is 10.8 Å². The maximum Gasteiger partial charge on any atom is 0.338 e. The second-order valence-corrected chi connectivity index (χ2v) is 9.11. The van der Waals surface area contributed by atoms with E-state index < -0.39 is 5.97 Å². The van der Waals surface area contributed by atoms with Crippen LogP contribution in [-0.4, -0.2) is 36.0 Å². The second kappa shape index (κ2) is 6.15. The van der Waals surface area contributed by atoms with Crippen LogP contribution in [-0.2, 0) is 9.53 Å². The molecule has 2 bridgehead atoms. The number of nitrogens with zero attached hydrogens (tertiary/aromatic N) is 1. The number of hydrogen-bond acceptors (Lipinski definition) is 3. The Balaban J connectivity index is 1.61. The van der Waals surface area contributed by atoms with E-state index in [0.29, 0.717) is 5.56 Å². The Labute approximate surface area is 150 Å². The molecule has 1 aliphatic heterocycles. The van der Waals surface area contributed by atoms with Crippen molar-refractivity contribution in [1.82, 2.24) is 4.90 Å². The highest BCUT2D eigenvalue weighted by Crippen LogP contribution is 2.52. The zero-order valence-corrected chi connectivity index (χ0v) is 16.0. The van der Waals surface area contributed by atoms with Crippen LogP contribution < -0.4 is 0 Å². The van der Waals surface area contributed by atoms with Crippen molar-refractivity contribution >= 4 is 11.9 Å². The molecule has 1 saturated heterocycles. The molecule has 3 rings (SSSR count). The number of benzene rings is 1. The predicted octanol–water partition coefficient (Wildman–Crippen LogP) is 3.89. The van der Waals surface area contributed by atoms with E-state index in [1.807, 2.05) is 30.9 Å². The van der Waals surface area contributed by atoms with E-state index in [-0.39, 0.29) is 29.4 Å². The summed E-state index contributed by atoms with van der Waals surface area (Å²) < 4.78 is 5.30. The third kappa shape index (κ3) is 3.73. The lowest BCUT2D eigenvalue weighted by molar-refractivity contribution is -0.135. The van der Waals surface area contributed by atoms with Crippen molar-refractivity contribution < 1.29 is 14.3 Å². The van der Waals surface area contributed by atoms with Crippen molar-refractivity contribution in [1.29, 1.82) is 0 Å². The Morgan fingerprint density at radius 1 is 1.16 bits per heavy atom. The molecule has 1 aliphatic carbocycles. The van der Waals surface area contributed by atoms with Gasteiger partial charge in [-0.2, -0.15) is 0 Å². The van der Waals surface area contributed by atoms with Crippen LogP contribution in [0.4, 0.5) is 0 Å². The number of carbonyl (C=O) groups is 2. The minimum Gasteiger partial charge on any atom is -0.452 e. The molecule has 0 aromatic heterocycles. The van der Waals surface area contributed by atoms with Gasteiger partial charge in [0.05, 0.1) is 5.56 Å². The van der Waals surface area contributed by atoms with E-state index in [0.717, 1.165) is 36.9 Å². The van der Waals surface area contributed by atoms with E-state index in [2.05, 4.69) is 20.8 Å². The molecule has 1 heterocycles. The monoisotopic (exact) mass is 343 g/mol. The highest BCUT2D eigenvalue weighted by atomic mass is 16.5. The molecule has 1 amide bonds. The first-order chi connectivity index (χ1) is 11.6. The van der Waals surface area contributed by atoms with Gasteiger partial charge in [0.1, 0.15) is 0 Å². The smallest absolute Gasteiger partial charge is 0.338 e. The summed E-state index contributed by atoms with van der Waals surface area (Å²) in [6.07, 6.45) is 3.23. The number of aryl methyl sites for hydroxylation is 2. The fraction of sp³-hybridized carbons (Fsp3) is 0.619. The molecule has 136 valence electrons. The first-order valence-corrected chi connectivity index (χ1v) is 9.12. The van der Waals surface area contributed by atoms with Crippen LogP contribution in [0.25, 0.3) is 0 Å². The van der Waals surface area contributed by atoms with E-state index in [1.165, 1.54) is 0 Å². The van der Waals surface area contributed by atoms with Crippen molar-refractivity contribution in [3.05, 3.63) is 34.9 Å². The molecule has 2 atom stereocenters. The van der Waals surface area contributed by atoms with Gasteiger partial charge in [0.25, 0.3) is 5.91 Å². The number of amides is 1. The minimum absolute atomic E-state index is 0.0661. The summed E-state index contributed by atoms with van der Waals surface area (Å²) in [4.78, 5) is 26.8. The predicted molar refractivity (Wildman–Crippen MR) is 97.4 cm³/mol. The average Bonchev–Trinajstić information content (AvgIpc) is 2.76. The van der Waals surface area contributed by atoms with Crippen LogP contribution in [0.15, 0.2) is 18.2 Å². The SMILES string of the molecule is Cc1ccc(C(=O)OCC(=O)N2C[C@]3(C)C[C@H]2CC(C)(C)C3)cc1C. The lowest BCUT2D eigenvalue weighted by Gasteiger charge is -2.39. The van der Waals surface area contributed by atoms with Crippen molar-refractivity contribution in [3.63, 3.8) is 0 Å². The standard InChI is InChI=1S/C21H29NO3/c1-14-6-7-16(8-15(14)2)19(24)25-11-18(23)22-13-21(5)10-17(22)9-20(3,4)12-21/h6-8,17H,9-13H2,1-5H3/t17-,21-/m1/s1. The van der Waals surface area contributed by atoms with Gasteiger partial charge in [0, 0.05) is 12.6 Å². The Kier molecular flexibility index (Phi) is 4.42. The molecule has 1 aromatic rings. The van der Waals surface area contributed by atoms with Crippen LogP contribution in [0.2, 0.25) is 0 Å². The number of carbonyl (C=O) groups excluding carboxylic acids is 2. The molecule has 0 radical (unpaired) electrons. The topological polar surface area (TPSA) is 46.6 Å². The van der Waals surface area contributed by atoms with Crippen molar-refractivity contribution in [3.8, 4) is 0 Å². The van der Waals surface area contributed by atoms with E-state index >= 15 is 0 Å². The Bertz CT molecular complexity index is 709. The average molecular weight is 343 g/mol. The van der Waals surface area contributed by atoms with Gasteiger partial charge in [0.2, 0.25) is 0 Å². The molecular formula is C21H29NO3. The van der Waals surface area contributed by atoms with Crippen LogP contribution in [0.1, 0.15) is 61.5 Å². The van der Waals surface area contributed by atoms with Crippen LogP contribution in [0.3, 0.4) is 0 Å². The summed E-state index contributed by atoms with van der Waals surface area (Å²) in [5, 5.41) is 0. The fourth-order valence-corrected chi connectivity index (χ4v) is 4.91. The molecule has 0 N–H and O–H groups in total. The van der Waals surface area contributed by atoms with Crippen LogP contribution in [0.5, 0.6) is 0 Å². The van der Waals surface area contributed by atoms with Gasteiger partial charge < -0.3 is 9.64 Å². The molecule has 0 unspecified atom stereocenters. The highest BCUT2D eigenvalue weighted by molar-refractivity contribution is 5.91. The number of rotatable bonds is 3. The van der Waals surface area contributed by atoms with E-state index in [9.17, 15) is 9.59 Å². The van der Waals surface area contributed by atoms with Gasteiger partial charge in [0.15, 0.2) is 6.61 Å². The van der Waals surface area contributed by atoms with E-state index in [1.54, 1.807) is 6.07 Å². The first kappa shape index (κ1) is 18.0. The van der Waals surface area contributed by atoms with Crippen LogP contribution >= 0.6 is 0 Å². The molecule has 25 heavy (non-hydrogen) atoms. The normalized spacial score (nSPS) is 27.2. The van der Waals surface area contributed by atoms with Gasteiger partial charge >= 0.3 is 5.97 Å². The lowest BCUT2D eigenvalue weighted by Crippen LogP contribution is -2.39. The molecule has 0 spiro atoms. The molecule has 1 saturated carbocycles. The molecule has 2 fully saturated rings. The number of likely N-dealkylation sites (tertiary alicyclic amines) is 1. The summed E-state index contributed by atoms with van der Waals surface area (Å²) >= 11 is 0.